The van der Waals surface area contributed by atoms with Crippen LogP contribution in [-0.2, 0) is 10.1 Å². The molecule has 0 atom stereocenters. The maximum atomic E-state index is 12.4. The van der Waals surface area contributed by atoms with Crippen LogP contribution in [0.5, 0.6) is 0 Å². The SMILES string of the molecule is O=S(=O)(O)c1sc(F)c(F)c1Cl. The maximum Gasteiger partial charge on any atom is 0.305 e. The van der Waals surface area contributed by atoms with E-state index < -0.39 is 30.3 Å². The molecule has 1 heterocycles. The molecule has 0 amide bonds. The van der Waals surface area contributed by atoms with Gasteiger partial charge in [-0.2, -0.15) is 12.8 Å². The van der Waals surface area contributed by atoms with Gasteiger partial charge in [-0.05, 0) is 0 Å². The topological polar surface area (TPSA) is 54.4 Å². The summed E-state index contributed by atoms with van der Waals surface area (Å²) in [5, 5.41) is -2.28. The molecular weight excluding hydrogens is 234 g/mol. The van der Waals surface area contributed by atoms with E-state index >= 15 is 0 Å². The lowest BCUT2D eigenvalue weighted by molar-refractivity contribution is 0.484. The van der Waals surface area contributed by atoms with E-state index in [4.69, 9.17) is 16.2 Å². The average Bonchev–Trinajstić information content (AvgIpc) is 2.15. The summed E-state index contributed by atoms with van der Waals surface area (Å²) in [6, 6.07) is 0. The summed E-state index contributed by atoms with van der Waals surface area (Å²) < 4.78 is 52.9. The number of thiophene rings is 1. The van der Waals surface area contributed by atoms with E-state index in [0.717, 1.165) is 0 Å². The van der Waals surface area contributed by atoms with Gasteiger partial charge in [0.25, 0.3) is 0 Å². The van der Waals surface area contributed by atoms with Gasteiger partial charge >= 0.3 is 10.1 Å². The van der Waals surface area contributed by atoms with Crippen molar-refractivity contribution in [3.63, 3.8) is 0 Å². The van der Waals surface area contributed by atoms with Crippen LogP contribution in [0.15, 0.2) is 4.21 Å². The van der Waals surface area contributed by atoms with Crippen LogP contribution in [0.4, 0.5) is 8.78 Å². The molecule has 12 heavy (non-hydrogen) atoms. The molecule has 0 radical (unpaired) electrons. The Balaban J connectivity index is 3.48. The number of halogens is 3. The van der Waals surface area contributed by atoms with Crippen LogP contribution < -0.4 is 0 Å². The second kappa shape index (κ2) is 2.91. The van der Waals surface area contributed by atoms with Crippen LogP contribution >= 0.6 is 22.9 Å². The molecule has 1 N–H and O–H groups in total. The minimum Gasteiger partial charge on any atom is -0.281 e. The van der Waals surface area contributed by atoms with Crippen molar-refractivity contribution in [1.29, 1.82) is 0 Å². The van der Waals surface area contributed by atoms with Crippen molar-refractivity contribution in [2.75, 3.05) is 0 Å². The molecule has 8 heteroatoms. The summed E-state index contributed by atoms with van der Waals surface area (Å²) in [7, 11) is -4.63. The van der Waals surface area contributed by atoms with Crippen molar-refractivity contribution in [2.45, 2.75) is 4.21 Å². The first-order chi connectivity index (χ1) is 5.34. The molecule has 1 aromatic heterocycles. The van der Waals surface area contributed by atoms with E-state index in [0.29, 0.717) is 0 Å². The van der Waals surface area contributed by atoms with Crippen LogP contribution in [0, 0.1) is 10.9 Å². The Hall–Kier alpha value is -0.240. The molecule has 0 spiro atoms. The molecule has 1 rings (SSSR count). The minimum atomic E-state index is -4.63. The lowest BCUT2D eigenvalue weighted by Crippen LogP contribution is -1.94. The van der Waals surface area contributed by atoms with Gasteiger partial charge in [-0.25, -0.2) is 4.39 Å². The molecule has 0 saturated heterocycles. The van der Waals surface area contributed by atoms with Crippen LogP contribution in [0.1, 0.15) is 0 Å². The van der Waals surface area contributed by atoms with Crippen LogP contribution in [0.3, 0.4) is 0 Å². The molecule has 0 unspecified atom stereocenters. The highest BCUT2D eigenvalue weighted by molar-refractivity contribution is 7.88. The van der Waals surface area contributed by atoms with E-state index in [1.165, 1.54) is 0 Å². The summed E-state index contributed by atoms with van der Waals surface area (Å²) in [4.78, 5) is 0. The Bertz CT molecular complexity index is 410. The zero-order valence-electron chi connectivity index (χ0n) is 5.21. The second-order valence-corrected chi connectivity index (χ2v) is 4.73. The first-order valence-corrected chi connectivity index (χ1v) is 5.08. The molecular formula is C4HClF2O3S2. The molecule has 1 aromatic rings. The van der Waals surface area contributed by atoms with Crippen LogP contribution in [-0.4, -0.2) is 13.0 Å². The van der Waals surface area contributed by atoms with Gasteiger partial charge in [-0.3, -0.25) is 4.55 Å². The Labute approximate surface area is 75.3 Å². The molecule has 0 fully saturated rings. The normalized spacial score (nSPS) is 12.0. The Morgan fingerprint density at radius 2 is 1.92 bits per heavy atom. The maximum absolute atomic E-state index is 12.4. The standard InChI is InChI=1S/C4HClF2O3S2/c5-1-2(6)3(7)11-4(1)12(8,9)10/h(H,8,9,10). The molecule has 0 aliphatic carbocycles. The first kappa shape index (κ1) is 9.85. The Kier molecular flexibility index (Phi) is 2.39. The zero-order valence-corrected chi connectivity index (χ0v) is 7.60. The monoisotopic (exact) mass is 234 g/mol. The average molecular weight is 235 g/mol. The molecule has 0 aromatic carbocycles. The van der Waals surface area contributed by atoms with Gasteiger partial charge in [-0.1, -0.05) is 22.9 Å². The van der Waals surface area contributed by atoms with Gasteiger partial charge in [0.15, 0.2) is 10.0 Å². The number of rotatable bonds is 1. The van der Waals surface area contributed by atoms with E-state index in [-0.39, 0.29) is 11.3 Å². The van der Waals surface area contributed by atoms with Crippen molar-refractivity contribution < 1.29 is 21.8 Å². The van der Waals surface area contributed by atoms with Gasteiger partial charge in [-0.15, -0.1) is 0 Å². The van der Waals surface area contributed by atoms with Crippen molar-refractivity contribution >= 4 is 33.1 Å². The van der Waals surface area contributed by atoms with E-state index in [2.05, 4.69) is 0 Å². The molecule has 3 nitrogen and oxygen atoms in total. The summed E-state index contributed by atoms with van der Waals surface area (Å²) >= 11 is 4.99. The highest BCUT2D eigenvalue weighted by Crippen LogP contribution is 2.33. The van der Waals surface area contributed by atoms with E-state index in [1.54, 1.807) is 0 Å². The van der Waals surface area contributed by atoms with Crippen LogP contribution in [0.25, 0.3) is 0 Å². The lowest BCUT2D eigenvalue weighted by Gasteiger charge is -1.89. The predicted octanol–water partition coefficient (Wildman–Crippen LogP) is 1.93. The first-order valence-electron chi connectivity index (χ1n) is 2.45. The molecule has 0 aliphatic heterocycles. The van der Waals surface area contributed by atoms with Crippen molar-refractivity contribution in [1.82, 2.24) is 0 Å². The minimum absolute atomic E-state index is 0.0637. The number of hydrogen-bond donors (Lipinski definition) is 1. The van der Waals surface area contributed by atoms with E-state index in [1.807, 2.05) is 0 Å². The Morgan fingerprint density at radius 3 is 2.08 bits per heavy atom. The highest BCUT2D eigenvalue weighted by atomic mass is 35.5. The van der Waals surface area contributed by atoms with Gasteiger partial charge < -0.3 is 0 Å². The smallest absolute Gasteiger partial charge is 0.281 e. The van der Waals surface area contributed by atoms with E-state index in [9.17, 15) is 17.2 Å². The molecule has 68 valence electrons. The summed E-state index contributed by atoms with van der Waals surface area (Å²) in [6.07, 6.45) is 0. The third-order valence-electron chi connectivity index (χ3n) is 0.961. The van der Waals surface area contributed by atoms with Crippen molar-refractivity contribution in [3.8, 4) is 0 Å². The van der Waals surface area contributed by atoms with Crippen molar-refractivity contribution in [2.24, 2.45) is 0 Å². The largest absolute Gasteiger partial charge is 0.305 e. The van der Waals surface area contributed by atoms with Gasteiger partial charge in [0, 0.05) is 0 Å². The predicted molar refractivity (Wildman–Crippen MR) is 39.1 cm³/mol. The third kappa shape index (κ3) is 1.58. The number of hydrogen-bond acceptors (Lipinski definition) is 3. The lowest BCUT2D eigenvalue weighted by atomic mass is 10.6. The zero-order chi connectivity index (χ0) is 9.52. The third-order valence-corrected chi connectivity index (χ3v) is 3.84. The van der Waals surface area contributed by atoms with Crippen molar-refractivity contribution in [3.05, 3.63) is 16.0 Å². The Morgan fingerprint density at radius 1 is 1.42 bits per heavy atom. The fourth-order valence-electron chi connectivity index (χ4n) is 0.513. The molecule has 0 saturated carbocycles. The van der Waals surface area contributed by atoms with Gasteiger partial charge in [0.05, 0.1) is 0 Å². The quantitative estimate of drug-likeness (QED) is 0.756. The summed E-state index contributed by atoms with van der Waals surface area (Å²) in [5.74, 6) is -1.46. The highest BCUT2D eigenvalue weighted by Gasteiger charge is 2.24. The summed E-state index contributed by atoms with van der Waals surface area (Å²) in [6.45, 7) is 0. The fraction of sp³-hybridized carbons (Fsp3) is 0. The second-order valence-electron chi connectivity index (χ2n) is 1.77. The van der Waals surface area contributed by atoms with Gasteiger partial charge in [0.1, 0.15) is 5.02 Å². The fourth-order valence-corrected chi connectivity index (χ4v) is 2.55. The van der Waals surface area contributed by atoms with Gasteiger partial charge in [0.2, 0.25) is 5.13 Å². The van der Waals surface area contributed by atoms with Crippen LogP contribution in [0.2, 0.25) is 5.02 Å². The molecule has 0 aliphatic rings. The summed E-state index contributed by atoms with van der Waals surface area (Å²) in [5.41, 5.74) is 0. The molecule has 0 bridgehead atoms.